The van der Waals surface area contributed by atoms with Crippen molar-refractivity contribution in [1.82, 2.24) is 0 Å². The van der Waals surface area contributed by atoms with Crippen LogP contribution in [-0.4, -0.2) is 47.7 Å². The second-order valence-corrected chi connectivity index (χ2v) is 7.99. The van der Waals surface area contributed by atoms with Crippen LogP contribution in [0.2, 0.25) is 0 Å². The molecule has 1 rings (SSSR count). The number of aliphatic carboxylic acids is 1. The number of ether oxygens (including phenoxy) is 3. The Morgan fingerprint density at radius 1 is 1.24 bits per heavy atom. The van der Waals surface area contributed by atoms with Crippen molar-refractivity contribution in [3.05, 3.63) is 0 Å². The third-order valence-electron chi connectivity index (χ3n) is 3.32. The SMILES string of the molecule is CC(C)(C)C(=O)O.CC(C)OC(=O)C[C@H]1C[C@@H](CCN)OC(C)(C)O1. The van der Waals surface area contributed by atoms with Gasteiger partial charge in [-0.05, 0) is 61.4 Å². The molecule has 1 aliphatic rings. The van der Waals surface area contributed by atoms with Gasteiger partial charge >= 0.3 is 11.9 Å². The van der Waals surface area contributed by atoms with E-state index in [2.05, 4.69) is 0 Å². The first-order valence-electron chi connectivity index (χ1n) is 8.75. The number of hydrogen-bond acceptors (Lipinski definition) is 6. The molecule has 1 saturated heterocycles. The van der Waals surface area contributed by atoms with E-state index < -0.39 is 17.2 Å². The molecule has 1 aliphatic heterocycles. The fraction of sp³-hybridized carbons (Fsp3) is 0.889. The molecule has 0 spiro atoms. The van der Waals surface area contributed by atoms with Crippen LogP contribution >= 0.6 is 0 Å². The Hall–Kier alpha value is -1.18. The van der Waals surface area contributed by atoms with Crippen molar-refractivity contribution in [3.63, 3.8) is 0 Å². The molecular weight excluding hydrogens is 326 g/mol. The highest BCUT2D eigenvalue weighted by Gasteiger charge is 2.36. The van der Waals surface area contributed by atoms with Gasteiger partial charge in [0.15, 0.2) is 5.79 Å². The second kappa shape index (κ2) is 10.1. The van der Waals surface area contributed by atoms with Gasteiger partial charge in [-0.2, -0.15) is 0 Å². The largest absolute Gasteiger partial charge is 0.481 e. The van der Waals surface area contributed by atoms with Crippen LogP contribution < -0.4 is 5.73 Å². The smallest absolute Gasteiger partial charge is 0.308 e. The topological polar surface area (TPSA) is 108 Å². The molecule has 0 aliphatic carbocycles. The van der Waals surface area contributed by atoms with Gasteiger partial charge in [-0.3, -0.25) is 9.59 Å². The first-order chi connectivity index (χ1) is 11.3. The van der Waals surface area contributed by atoms with Crippen molar-refractivity contribution in [3.8, 4) is 0 Å². The third-order valence-corrected chi connectivity index (χ3v) is 3.32. The molecule has 0 bridgehead atoms. The molecule has 7 nitrogen and oxygen atoms in total. The van der Waals surface area contributed by atoms with Crippen LogP contribution in [-0.2, 0) is 23.8 Å². The molecule has 0 radical (unpaired) electrons. The van der Waals surface area contributed by atoms with Gasteiger partial charge in [-0.25, -0.2) is 0 Å². The molecule has 3 N–H and O–H groups in total. The Bertz CT molecular complexity index is 428. The highest BCUT2D eigenvalue weighted by atomic mass is 16.7. The highest BCUT2D eigenvalue weighted by molar-refractivity contribution is 5.72. The molecule has 1 heterocycles. The van der Waals surface area contributed by atoms with Gasteiger partial charge < -0.3 is 25.1 Å². The number of carbonyl (C=O) groups excluding carboxylic acids is 1. The minimum atomic E-state index is -0.757. The predicted molar refractivity (Wildman–Crippen MR) is 95.0 cm³/mol. The maximum atomic E-state index is 11.6. The molecule has 0 amide bonds. The number of hydrogen-bond donors (Lipinski definition) is 2. The molecule has 2 atom stereocenters. The molecule has 0 saturated carbocycles. The van der Waals surface area contributed by atoms with Crippen LogP contribution in [0, 0.1) is 5.41 Å². The lowest BCUT2D eigenvalue weighted by Gasteiger charge is -2.40. The van der Waals surface area contributed by atoms with Crippen LogP contribution in [0.25, 0.3) is 0 Å². The van der Waals surface area contributed by atoms with Crippen molar-refractivity contribution in [1.29, 1.82) is 0 Å². The van der Waals surface area contributed by atoms with E-state index in [0.29, 0.717) is 13.0 Å². The molecule has 0 unspecified atom stereocenters. The second-order valence-electron chi connectivity index (χ2n) is 7.99. The van der Waals surface area contributed by atoms with Crippen LogP contribution in [0.1, 0.15) is 67.7 Å². The van der Waals surface area contributed by atoms with E-state index in [0.717, 1.165) is 6.42 Å². The van der Waals surface area contributed by atoms with E-state index in [1.54, 1.807) is 20.8 Å². The summed E-state index contributed by atoms with van der Waals surface area (Å²) in [5.41, 5.74) is 4.96. The van der Waals surface area contributed by atoms with Crippen molar-refractivity contribution in [2.24, 2.45) is 11.1 Å². The maximum absolute atomic E-state index is 11.6. The van der Waals surface area contributed by atoms with Crippen LogP contribution in [0.4, 0.5) is 0 Å². The van der Waals surface area contributed by atoms with E-state index in [-0.39, 0.29) is 30.7 Å². The van der Waals surface area contributed by atoms with Crippen LogP contribution in [0.3, 0.4) is 0 Å². The Balaban J connectivity index is 0.000000697. The van der Waals surface area contributed by atoms with Crippen LogP contribution in [0.15, 0.2) is 0 Å². The van der Waals surface area contributed by atoms with E-state index in [1.807, 2.05) is 27.7 Å². The fourth-order valence-electron chi connectivity index (χ4n) is 2.20. The molecule has 0 aromatic carbocycles. The van der Waals surface area contributed by atoms with Crippen molar-refractivity contribution < 1.29 is 28.9 Å². The lowest BCUT2D eigenvalue weighted by atomic mass is 9.98. The average molecular weight is 361 g/mol. The quantitative estimate of drug-likeness (QED) is 0.725. The van der Waals surface area contributed by atoms with Gasteiger partial charge in [0, 0.05) is 6.42 Å². The summed E-state index contributed by atoms with van der Waals surface area (Å²) < 4.78 is 16.6. The summed E-state index contributed by atoms with van der Waals surface area (Å²) in [6, 6.07) is 0. The average Bonchev–Trinajstić information content (AvgIpc) is 2.34. The zero-order valence-corrected chi connectivity index (χ0v) is 16.6. The molecule has 0 aromatic heterocycles. The zero-order valence-electron chi connectivity index (χ0n) is 16.6. The number of nitrogens with two attached hydrogens (primary N) is 1. The number of rotatable bonds is 5. The lowest BCUT2D eigenvalue weighted by Crippen LogP contribution is -2.46. The summed E-state index contributed by atoms with van der Waals surface area (Å²) in [7, 11) is 0. The molecule has 25 heavy (non-hydrogen) atoms. The Kier molecular flexibility index (Phi) is 9.61. The normalized spacial score (nSPS) is 22.8. The first kappa shape index (κ1) is 23.8. The van der Waals surface area contributed by atoms with Gasteiger partial charge in [0.1, 0.15) is 0 Å². The van der Waals surface area contributed by atoms with Gasteiger partial charge in [0.05, 0.1) is 30.1 Å². The highest BCUT2D eigenvalue weighted by Crippen LogP contribution is 2.29. The van der Waals surface area contributed by atoms with E-state index in [9.17, 15) is 9.59 Å². The maximum Gasteiger partial charge on any atom is 0.308 e. The van der Waals surface area contributed by atoms with Gasteiger partial charge in [-0.15, -0.1) is 0 Å². The number of carbonyl (C=O) groups is 2. The van der Waals surface area contributed by atoms with Crippen molar-refractivity contribution in [2.45, 2.75) is 91.8 Å². The molecular formula is C18H35NO6. The number of carboxylic acid groups (broad SMARTS) is 1. The summed E-state index contributed by atoms with van der Waals surface area (Å²) in [5.74, 6) is -1.65. The Morgan fingerprint density at radius 3 is 2.12 bits per heavy atom. The minimum Gasteiger partial charge on any atom is -0.481 e. The van der Waals surface area contributed by atoms with Gasteiger partial charge in [0.2, 0.25) is 0 Å². The molecule has 0 aromatic rings. The molecule has 148 valence electrons. The number of esters is 1. The van der Waals surface area contributed by atoms with Gasteiger partial charge in [-0.1, -0.05) is 0 Å². The fourth-order valence-corrected chi connectivity index (χ4v) is 2.20. The zero-order chi connectivity index (χ0) is 19.8. The standard InChI is InChI=1S/C13H25NO4.C5H10O2/c1-9(2)16-12(15)8-11-7-10(5-6-14)17-13(3,4)18-11;1-5(2,3)4(6)7/h9-11H,5-8,14H2,1-4H3;1-3H3,(H,6,7)/t10-,11-;/m1./s1. The molecule has 1 fully saturated rings. The summed E-state index contributed by atoms with van der Waals surface area (Å²) in [6.45, 7) is 12.9. The summed E-state index contributed by atoms with van der Waals surface area (Å²) in [6.07, 6.45) is 1.54. The Morgan fingerprint density at radius 2 is 1.72 bits per heavy atom. The predicted octanol–water partition coefficient (Wildman–Crippen LogP) is 2.70. The number of carboxylic acids is 1. The van der Waals surface area contributed by atoms with Gasteiger partial charge in [0.25, 0.3) is 0 Å². The van der Waals surface area contributed by atoms with Crippen molar-refractivity contribution >= 4 is 11.9 Å². The lowest BCUT2D eigenvalue weighted by molar-refractivity contribution is -0.300. The van der Waals surface area contributed by atoms with Crippen LogP contribution in [0.5, 0.6) is 0 Å². The summed E-state index contributed by atoms with van der Waals surface area (Å²) in [5, 5.41) is 8.25. The summed E-state index contributed by atoms with van der Waals surface area (Å²) >= 11 is 0. The minimum absolute atomic E-state index is 0.0515. The summed E-state index contributed by atoms with van der Waals surface area (Å²) in [4.78, 5) is 21.7. The van der Waals surface area contributed by atoms with E-state index >= 15 is 0 Å². The third kappa shape index (κ3) is 11.1. The molecule has 7 heteroatoms. The van der Waals surface area contributed by atoms with Crippen molar-refractivity contribution in [2.75, 3.05) is 6.54 Å². The first-order valence-corrected chi connectivity index (χ1v) is 8.75. The monoisotopic (exact) mass is 361 g/mol. The Labute approximate surface area is 151 Å². The van der Waals surface area contributed by atoms with E-state index in [4.69, 9.17) is 25.1 Å². The van der Waals surface area contributed by atoms with E-state index in [1.165, 1.54) is 0 Å².